The van der Waals surface area contributed by atoms with Crippen LogP contribution in [0.5, 0.6) is 0 Å². The summed E-state index contributed by atoms with van der Waals surface area (Å²) in [6.07, 6.45) is 6.38. The monoisotopic (exact) mass is 454 g/mol. The molecule has 8 heteroatoms. The molecular formula is C24H31ClN6O. The predicted octanol–water partition coefficient (Wildman–Crippen LogP) is 3.59. The summed E-state index contributed by atoms with van der Waals surface area (Å²) in [5.74, 6) is 2.28. The van der Waals surface area contributed by atoms with Crippen LogP contribution in [0.2, 0.25) is 5.02 Å². The number of carbonyl (C=O) groups is 1. The van der Waals surface area contributed by atoms with Crippen LogP contribution >= 0.6 is 11.6 Å². The molecule has 4 saturated carbocycles. The zero-order valence-electron chi connectivity index (χ0n) is 18.9. The van der Waals surface area contributed by atoms with Crippen molar-refractivity contribution in [3.63, 3.8) is 0 Å². The number of benzene rings is 1. The number of amides is 1. The minimum absolute atomic E-state index is 0.124. The summed E-state index contributed by atoms with van der Waals surface area (Å²) in [6.45, 7) is 7.27. The van der Waals surface area contributed by atoms with Crippen molar-refractivity contribution in [3.05, 3.63) is 34.6 Å². The van der Waals surface area contributed by atoms with E-state index in [9.17, 15) is 4.79 Å². The van der Waals surface area contributed by atoms with Crippen LogP contribution in [-0.2, 0) is 10.3 Å². The molecule has 0 spiro atoms. The third-order valence-corrected chi connectivity index (χ3v) is 8.74. The van der Waals surface area contributed by atoms with Crippen LogP contribution in [0.3, 0.4) is 0 Å². The van der Waals surface area contributed by atoms with Gasteiger partial charge in [0.1, 0.15) is 0 Å². The molecule has 4 bridgehead atoms. The number of aryl methyl sites for hydroxylation is 2. The van der Waals surface area contributed by atoms with Gasteiger partial charge < -0.3 is 9.80 Å². The van der Waals surface area contributed by atoms with Gasteiger partial charge in [-0.2, -0.15) is 4.80 Å². The van der Waals surface area contributed by atoms with E-state index in [1.54, 1.807) is 0 Å². The summed E-state index contributed by atoms with van der Waals surface area (Å²) in [5, 5.41) is 13.9. The van der Waals surface area contributed by atoms with Crippen molar-refractivity contribution in [1.29, 1.82) is 0 Å². The van der Waals surface area contributed by atoms with Crippen molar-refractivity contribution in [2.75, 3.05) is 31.1 Å². The van der Waals surface area contributed by atoms with Gasteiger partial charge in [0.15, 0.2) is 5.82 Å². The Balaban J connectivity index is 1.22. The lowest BCUT2D eigenvalue weighted by Gasteiger charge is -2.61. The fourth-order valence-electron chi connectivity index (χ4n) is 7.59. The Bertz CT molecular complexity index is 1040. The highest BCUT2D eigenvalue weighted by Crippen LogP contribution is 2.64. The van der Waals surface area contributed by atoms with E-state index in [4.69, 9.17) is 11.6 Å². The number of hydrogen-bond donors (Lipinski definition) is 0. The Morgan fingerprint density at radius 1 is 1.06 bits per heavy atom. The second-order valence-corrected chi connectivity index (χ2v) is 11.2. The van der Waals surface area contributed by atoms with E-state index < -0.39 is 0 Å². The van der Waals surface area contributed by atoms with Gasteiger partial charge in [0.25, 0.3) is 0 Å². The SMILES string of the molecule is Cc1nnn(C23C[C@H]4C[C@@H](CC(C(=O)N5CCN(c6cc(Cl)ccc6C)CC5)(C4)C2)C3)n1. The van der Waals surface area contributed by atoms with Crippen LogP contribution in [0, 0.1) is 31.1 Å². The van der Waals surface area contributed by atoms with Gasteiger partial charge >= 0.3 is 0 Å². The molecule has 1 aromatic carbocycles. The van der Waals surface area contributed by atoms with Gasteiger partial charge in [0, 0.05) is 36.9 Å². The highest BCUT2D eigenvalue weighted by atomic mass is 35.5. The number of piperazine rings is 1. The lowest BCUT2D eigenvalue weighted by atomic mass is 9.46. The van der Waals surface area contributed by atoms with Crippen molar-refractivity contribution < 1.29 is 4.79 Å². The van der Waals surface area contributed by atoms with E-state index in [1.807, 2.05) is 23.9 Å². The molecule has 5 aliphatic rings. The Morgan fingerprint density at radius 2 is 1.78 bits per heavy atom. The van der Waals surface area contributed by atoms with Crippen LogP contribution < -0.4 is 4.90 Å². The first-order valence-corrected chi connectivity index (χ1v) is 12.3. The molecule has 1 aliphatic heterocycles. The summed E-state index contributed by atoms with van der Waals surface area (Å²) < 4.78 is 0. The second kappa shape index (κ2) is 7.17. The quantitative estimate of drug-likeness (QED) is 0.709. The van der Waals surface area contributed by atoms with Crippen molar-refractivity contribution >= 4 is 23.2 Å². The summed E-state index contributed by atoms with van der Waals surface area (Å²) >= 11 is 6.25. The molecule has 7 rings (SSSR count). The highest BCUT2D eigenvalue weighted by Gasteiger charge is 2.63. The van der Waals surface area contributed by atoms with Crippen LogP contribution in [0.1, 0.15) is 49.9 Å². The van der Waals surface area contributed by atoms with Crippen molar-refractivity contribution in [3.8, 4) is 0 Å². The number of aromatic nitrogens is 4. The Labute approximate surface area is 194 Å². The number of halogens is 1. The average Bonchev–Trinajstić information content (AvgIpc) is 3.21. The van der Waals surface area contributed by atoms with Crippen LogP contribution in [0.15, 0.2) is 18.2 Å². The number of tetrazole rings is 1. The van der Waals surface area contributed by atoms with Crippen LogP contribution in [-0.4, -0.2) is 57.2 Å². The van der Waals surface area contributed by atoms with E-state index >= 15 is 0 Å². The van der Waals surface area contributed by atoms with Crippen LogP contribution in [0.4, 0.5) is 5.69 Å². The van der Waals surface area contributed by atoms with Crippen LogP contribution in [0.25, 0.3) is 0 Å². The fourth-order valence-corrected chi connectivity index (χ4v) is 7.76. The van der Waals surface area contributed by atoms with Crippen molar-refractivity contribution in [2.45, 2.75) is 57.9 Å². The van der Waals surface area contributed by atoms with E-state index in [-0.39, 0.29) is 11.0 Å². The smallest absolute Gasteiger partial charge is 0.229 e. The van der Waals surface area contributed by atoms with Gasteiger partial charge in [-0.1, -0.05) is 17.7 Å². The number of carbonyl (C=O) groups excluding carboxylic acids is 1. The van der Waals surface area contributed by atoms with E-state index in [0.29, 0.717) is 23.6 Å². The molecule has 1 saturated heterocycles. The molecule has 2 atom stereocenters. The van der Waals surface area contributed by atoms with Crippen molar-refractivity contribution in [2.24, 2.45) is 17.3 Å². The molecule has 7 nitrogen and oxygen atoms in total. The summed E-state index contributed by atoms with van der Waals surface area (Å²) in [7, 11) is 0. The molecule has 2 heterocycles. The molecule has 5 fully saturated rings. The standard InChI is InChI=1S/C24H31ClN6O/c1-16-3-4-20(25)10-21(16)29-5-7-30(8-6-29)22(32)23-11-18-9-19(12-23)14-24(13-18,15-23)31-27-17(2)26-28-31/h3-4,10,18-19H,5-9,11-15H2,1-2H3/t18-,19-,23?,24?/m0/s1. The highest BCUT2D eigenvalue weighted by molar-refractivity contribution is 6.30. The third-order valence-electron chi connectivity index (χ3n) is 8.50. The molecule has 32 heavy (non-hydrogen) atoms. The van der Waals surface area contributed by atoms with E-state index in [0.717, 1.165) is 63.3 Å². The van der Waals surface area contributed by atoms with Gasteiger partial charge in [-0.3, -0.25) is 4.79 Å². The average molecular weight is 455 g/mol. The maximum absolute atomic E-state index is 14.0. The molecule has 0 N–H and O–H groups in total. The molecule has 1 amide bonds. The summed E-state index contributed by atoms with van der Waals surface area (Å²) in [6, 6.07) is 6.06. The number of hydrogen-bond acceptors (Lipinski definition) is 5. The second-order valence-electron chi connectivity index (χ2n) is 10.8. The van der Waals surface area contributed by atoms with E-state index in [2.05, 4.69) is 38.2 Å². The zero-order valence-corrected chi connectivity index (χ0v) is 19.7. The number of rotatable bonds is 3. The molecule has 0 unspecified atom stereocenters. The van der Waals surface area contributed by atoms with E-state index in [1.165, 1.54) is 17.7 Å². The maximum Gasteiger partial charge on any atom is 0.229 e. The molecular weight excluding hydrogens is 424 g/mol. The number of nitrogens with zero attached hydrogens (tertiary/aromatic N) is 6. The lowest BCUT2D eigenvalue weighted by Crippen LogP contribution is -2.63. The zero-order chi connectivity index (χ0) is 22.1. The topological polar surface area (TPSA) is 67.2 Å². The Morgan fingerprint density at radius 3 is 2.44 bits per heavy atom. The largest absolute Gasteiger partial charge is 0.368 e. The van der Waals surface area contributed by atoms with Gasteiger partial charge in [-0.05, 0) is 87.1 Å². The molecule has 2 aromatic rings. The summed E-state index contributed by atoms with van der Waals surface area (Å²) in [5.41, 5.74) is 2.04. The third kappa shape index (κ3) is 3.15. The first-order chi connectivity index (χ1) is 15.4. The molecule has 0 radical (unpaired) electrons. The lowest BCUT2D eigenvalue weighted by molar-refractivity contribution is -0.168. The maximum atomic E-state index is 14.0. The van der Waals surface area contributed by atoms with Gasteiger partial charge in [-0.15, -0.1) is 10.2 Å². The van der Waals surface area contributed by atoms with Crippen molar-refractivity contribution in [1.82, 2.24) is 25.1 Å². The fraction of sp³-hybridized carbons (Fsp3) is 0.667. The Hall–Kier alpha value is -2.15. The molecule has 4 aliphatic carbocycles. The molecule has 1 aromatic heterocycles. The van der Waals surface area contributed by atoms with Gasteiger partial charge in [0.05, 0.1) is 11.0 Å². The first-order valence-electron chi connectivity index (χ1n) is 11.9. The van der Waals surface area contributed by atoms with Gasteiger partial charge in [-0.25, -0.2) is 0 Å². The molecule has 170 valence electrons. The Kier molecular flexibility index (Phi) is 4.59. The minimum Gasteiger partial charge on any atom is -0.368 e. The minimum atomic E-state index is -0.250. The number of anilines is 1. The normalized spacial score (nSPS) is 33.7. The predicted molar refractivity (Wildman–Crippen MR) is 123 cm³/mol. The summed E-state index contributed by atoms with van der Waals surface area (Å²) in [4.78, 5) is 20.4. The first kappa shape index (κ1) is 20.5. The van der Waals surface area contributed by atoms with Gasteiger partial charge in [0.2, 0.25) is 5.91 Å².